The molecule has 0 amide bonds. The summed E-state index contributed by atoms with van der Waals surface area (Å²) >= 11 is 0. The zero-order valence-electron chi connectivity index (χ0n) is 4.88. The van der Waals surface area contributed by atoms with Crippen LogP contribution in [0.25, 0.3) is 0 Å². The number of rotatable bonds is 0. The first-order chi connectivity index (χ1) is 2.00. The average molecular weight is 134 g/mol. The zero-order chi connectivity index (χ0) is 4.50. The Bertz CT molecular complexity index is 28.0. The number of nitrogens with two attached hydrogens (primary N) is 2. The molecule has 0 bridgehead atoms. The van der Waals surface area contributed by atoms with E-state index in [0.717, 1.165) is 0 Å². The Morgan fingerprint density at radius 2 is 0.875 bits per heavy atom. The fourth-order valence-corrected chi connectivity index (χ4v) is 0. The van der Waals surface area contributed by atoms with Gasteiger partial charge in [-0.2, -0.15) is 0 Å². The molecule has 0 heterocycles. The summed E-state index contributed by atoms with van der Waals surface area (Å²) in [4.78, 5) is 0. The topological polar surface area (TPSA) is 52.0 Å². The minimum absolute atomic E-state index is 0. The first-order valence-corrected chi connectivity index (χ1v) is 1.58. The molecule has 0 atom stereocenters. The van der Waals surface area contributed by atoms with E-state index in [-0.39, 0.29) is 14.1 Å². The lowest BCUT2D eigenvalue weighted by Crippen LogP contribution is -2.42. The van der Waals surface area contributed by atoms with E-state index in [1.807, 2.05) is 0 Å². The lowest BCUT2D eigenvalue weighted by Gasteiger charge is -2.07. The van der Waals surface area contributed by atoms with E-state index in [1.54, 1.807) is 13.8 Å². The van der Waals surface area contributed by atoms with E-state index in [4.69, 9.17) is 11.5 Å². The van der Waals surface area contributed by atoms with Gasteiger partial charge in [-0.1, -0.05) is 0 Å². The molecule has 0 aromatic heterocycles. The van der Waals surface area contributed by atoms with Crippen molar-refractivity contribution in [1.82, 2.24) is 0 Å². The molecule has 0 radical (unpaired) electrons. The fraction of sp³-hybridized carbons (Fsp3) is 1.00. The van der Waals surface area contributed by atoms with Crippen molar-refractivity contribution >= 4 is 0 Å². The van der Waals surface area contributed by atoms with Crippen molar-refractivity contribution in [1.29, 1.82) is 0 Å². The van der Waals surface area contributed by atoms with Gasteiger partial charge in [0.2, 0.25) is 0 Å². The van der Waals surface area contributed by atoms with Gasteiger partial charge in [-0.3, -0.25) is 14.1 Å². The highest BCUT2D eigenvalue weighted by molar-refractivity contribution is 4.57. The van der Waals surface area contributed by atoms with Crippen LogP contribution in [0.4, 0.5) is 14.1 Å². The van der Waals surface area contributed by atoms with Gasteiger partial charge in [-0.15, -0.1) is 0 Å². The average Bonchev–Trinajstić information content (AvgIpc) is 0.722. The molecule has 0 saturated carbocycles. The van der Waals surface area contributed by atoms with Gasteiger partial charge in [-0.05, 0) is 13.8 Å². The summed E-state index contributed by atoms with van der Waals surface area (Å²) in [5.41, 5.74) is 9.76. The molecule has 0 aromatic carbocycles. The van der Waals surface area contributed by atoms with E-state index < -0.39 is 5.66 Å². The van der Waals surface area contributed by atoms with E-state index in [1.165, 1.54) is 0 Å². The van der Waals surface area contributed by atoms with Crippen LogP contribution in [0.15, 0.2) is 0 Å². The summed E-state index contributed by atoms with van der Waals surface area (Å²) in [6.45, 7) is 3.49. The van der Waals surface area contributed by atoms with Crippen LogP contribution >= 0.6 is 0 Å². The van der Waals surface area contributed by atoms with Crippen LogP contribution in [-0.2, 0) is 0 Å². The van der Waals surface area contributed by atoms with Gasteiger partial charge in [0.05, 0.1) is 5.66 Å². The predicted octanol–water partition coefficient (Wildman–Crippen LogP) is 0.0974. The van der Waals surface area contributed by atoms with Crippen LogP contribution < -0.4 is 11.5 Å². The highest BCUT2D eigenvalue weighted by Gasteiger charge is 1.95. The van der Waals surface area contributed by atoms with Crippen molar-refractivity contribution in [2.45, 2.75) is 19.5 Å². The maximum absolute atomic E-state index is 5.13. The Kier molecular flexibility index (Phi) is 21.2. The molecular weight excluding hydrogens is 121 g/mol. The van der Waals surface area contributed by atoms with Crippen LogP contribution in [0.1, 0.15) is 13.8 Å². The molecule has 2 nitrogen and oxygen atoms in total. The number of halogens is 3. The molecule has 0 aliphatic rings. The molecule has 8 heavy (non-hydrogen) atoms. The quantitative estimate of drug-likeness (QED) is 0.461. The van der Waals surface area contributed by atoms with Gasteiger partial charge in [0.25, 0.3) is 0 Å². The van der Waals surface area contributed by atoms with Crippen LogP contribution in [-0.4, -0.2) is 5.66 Å². The number of hydrogen-bond acceptors (Lipinski definition) is 2. The lowest BCUT2D eigenvalue weighted by atomic mass is 10.3. The molecule has 0 saturated heterocycles. The second-order valence-corrected chi connectivity index (χ2v) is 1.82. The monoisotopic (exact) mass is 134 g/mol. The lowest BCUT2D eigenvalue weighted by molar-refractivity contribution is 0.546. The Balaban J connectivity index is -0.0000000267. The molecule has 0 aromatic rings. The molecular formula is C3H13F3N2. The molecule has 0 unspecified atom stereocenters. The molecule has 4 N–H and O–H groups in total. The molecule has 0 spiro atoms. The molecule has 5 heteroatoms. The summed E-state index contributed by atoms with van der Waals surface area (Å²) in [6.07, 6.45) is 0. The first-order valence-electron chi connectivity index (χ1n) is 1.58. The van der Waals surface area contributed by atoms with E-state index in [9.17, 15) is 0 Å². The summed E-state index contributed by atoms with van der Waals surface area (Å²) in [5, 5.41) is 0. The minimum atomic E-state index is -0.500. The van der Waals surface area contributed by atoms with Gasteiger partial charge in [-0.25, -0.2) is 0 Å². The third-order valence-corrected chi connectivity index (χ3v) is 0. The normalized spacial score (nSPS) is 7.50. The second-order valence-electron chi connectivity index (χ2n) is 1.82. The van der Waals surface area contributed by atoms with E-state index >= 15 is 0 Å². The van der Waals surface area contributed by atoms with E-state index in [2.05, 4.69) is 0 Å². The highest BCUT2D eigenvalue weighted by atomic mass is 19.0. The molecule has 0 aliphatic heterocycles. The smallest absolute Gasteiger partial charge is 0.0578 e. The second kappa shape index (κ2) is 6.71. The van der Waals surface area contributed by atoms with Crippen molar-refractivity contribution in [2.24, 2.45) is 11.5 Å². The Morgan fingerprint density at radius 3 is 0.875 bits per heavy atom. The van der Waals surface area contributed by atoms with Gasteiger partial charge in [0.1, 0.15) is 0 Å². The summed E-state index contributed by atoms with van der Waals surface area (Å²) in [5.74, 6) is 0. The third kappa shape index (κ3) is 1510. The SMILES string of the molecule is CC(C)(N)N.F.F.F. The van der Waals surface area contributed by atoms with Gasteiger partial charge in [0.15, 0.2) is 0 Å². The van der Waals surface area contributed by atoms with E-state index in [0.29, 0.717) is 0 Å². The van der Waals surface area contributed by atoms with Crippen LogP contribution in [0.2, 0.25) is 0 Å². The Hall–Kier alpha value is -0.290. The summed E-state index contributed by atoms with van der Waals surface area (Å²) in [6, 6.07) is 0. The predicted molar refractivity (Wildman–Crippen MR) is 30.0 cm³/mol. The highest BCUT2D eigenvalue weighted by Crippen LogP contribution is 1.76. The first kappa shape index (κ1) is 25.2. The molecule has 0 fully saturated rings. The Morgan fingerprint density at radius 1 is 0.875 bits per heavy atom. The maximum Gasteiger partial charge on any atom is 0.0578 e. The third-order valence-electron chi connectivity index (χ3n) is 0. The molecule has 0 aliphatic carbocycles. The van der Waals surface area contributed by atoms with Gasteiger partial charge in [0, 0.05) is 0 Å². The summed E-state index contributed by atoms with van der Waals surface area (Å²) < 4.78 is 0. The fourth-order valence-electron chi connectivity index (χ4n) is 0. The standard InChI is InChI=1S/C3H10N2.3FH/c1-3(2,4)5;;;/h4-5H2,1-2H3;3*1H. The van der Waals surface area contributed by atoms with Crippen molar-refractivity contribution < 1.29 is 14.1 Å². The van der Waals surface area contributed by atoms with Crippen LogP contribution in [0.5, 0.6) is 0 Å². The minimum Gasteiger partial charge on any atom is -0.314 e. The van der Waals surface area contributed by atoms with Crippen molar-refractivity contribution in [3.8, 4) is 0 Å². The number of hydrogen-bond donors (Lipinski definition) is 2. The van der Waals surface area contributed by atoms with Crippen LogP contribution in [0.3, 0.4) is 0 Å². The summed E-state index contributed by atoms with van der Waals surface area (Å²) in [7, 11) is 0. The van der Waals surface area contributed by atoms with Gasteiger partial charge >= 0.3 is 0 Å². The van der Waals surface area contributed by atoms with Crippen molar-refractivity contribution in [3.05, 3.63) is 0 Å². The van der Waals surface area contributed by atoms with Crippen LogP contribution in [0, 0.1) is 0 Å². The zero-order valence-corrected chi connectivity index (χ0v) is 4.88. The Labute approximate surface area is 46.3 Å². The maximum atomic E-state index is 5.13. The molecule has 56 valence electrons. The largest absolute Gasteiger partial charge is 0.314 e. The molecule has 0 rings (SSSR count). The van der Waals surface area contributed by atoms with Crippen molar-refractivity contribution in [3.63, 3.8) is 0 Å². The van der Waals surface area contributed by atoms with Crippen molar-refractivity contribution in [2.75, 3.05) is 0 Å². The van der Waals surface area contributed by atoms with Gasteiger partial charge < -0.3 is 11.5 Å².